The maximum atomic E-state index is 13.6. The number of benzene rings is 1. The fourth-order valence-corrected chi connectivity index (χ4v) is 1.92. The van der Waals surface area contributed by atoms with Crippen LogP contribution in [0.5, 0.6) is 0 Å². The summed E-state index contributed by atoms with van der Waals surface area (Å²) in [7, 11) is 0. The molecule has 0 spiro atoms. The van der Waals surface area contributed by atoms with Crippen molar-refractivity contribution in [2.45, 2.75) is 38.7 Å². The molecule has 0 bridgehead atoms. The average Bonchev–Trinajstić information content (AvgIpc) is 2.36. The molecule has 19 heavy (non-hydrogen) atoms. The molecule has 0 aliphatic carbocycles. The minimum atomic E-state index is -0.994. The number of aliphatic hydroxyl groups excluding tert-OH is 1. The quantitative estimate of drug-likeness (QED) is 0.611. The summed E-state index contributed by atoms with van der Waals surface area (Å²) in [4.78, 5) is 11.4. The van der Waals surface area contributed by atoms with E-state index in [1.54, 1.807) is 6.07 Å². The van der Waals surface area contributed by atoms with Crippen molar-refractivity contribution in [1.82, 2.24) is 0 Å². The van der Waals surface area contributed by atoms with Gasteiger partial charge in [-0.2, -0.15) is 0 Å². The zero-order chi connectivity index (χ0) is 14.3. The first-order chi connectivity index (χ1) is 9.04. The average molecular weight is 333 g/mol. The smallest absolute Gasteiger partial charge is 0.305 e. The number of ether oxygens (including phenoxy) is 1. The van der Waals surface area contributed by atoms with Gasteiger partial charge >= 0.3 is 5.97 Å². The molecule has 1 rings (SSSR count). The molecule has 5 heteroatoms. The van der Waals surface area contributed by atoms with E-state index in [2.05, 4.69) is 15.9 Å². The van der Waals surface area contributed by atoms with Crippen molar-refractivity contribution in [3.05, 3.63) is 34.1 Å². The minimum Gasteiger partial charge on any atom is -0.466 e. The molecular weight excluding hydrogens is 315 g/mol. The first-order valence-electron chi connectivity index (χ1n) is 6.33. The first-order valence-corrected chi connectivity index (χ1v) is 7.12. The van der Waals surface area contributed by atoms with Crippen LogP contribution in [0.15, 0.2) is 22.7 Å². The zero-order valence-electron chi connectivity index (χ0n) is 10.9. The topological polar surface area (TPSA) is 46.5 Å². The first kappa shape index (κ1) is 16.1. The lowest BCUT2D eigenvalue weighted by Crippen LogP contribution is -2.09. The summed E-state index contributed by atoms with van der Waals surface area (Å²) in [6.07, 6.45) is 1.03. The van der Waals surface area contributed by atoms with Crippen LogP contribution in [0.1, 0.15) is 44.3 Å². The monoisotopic (exact) mass is 332 g/mol. The Morgan fingerprint density at radius 3 is 2.89 bits per heavy atom. The Labute approximate surface area is 120 Å². The molecule has 1 aromatic rings. The van der Waals surface area contributed by atoms with Crippen LogP contribution in [0.2, 0.25) is 0 Å². The van der Waals surface area contributed by atoms with Crippen LogP contribution >= 0.6 is 15.9 Å². The van der Waals surface area contributed by atoms with E-state index in [0.29, 0.717) is 11.1 Å². The summed E-state index contributed by atoms with van der Waals surface area (Å²) in [6, 6.07) is 4.45. The van der Waals surface area contributed by atoms with Gasteiger partial charge in [-0.05, 0) is 25.0 Å². The third-order valence-electron chi connectivity index (χ3n) is 2.70. The molecule has 1 N–H and O–H groups in total. The van der Waals surface area contributed by atoms with Crippen molar-refractivity contribution in [2.24, 2.45) is 0 Å². The Morgan fingerprint density at radius 2 is 2.26 bits per heavy atom. The number of aliphatic hydroxyl groups is 1. The van der Waals surface area contributed by atoms with E-state index in [4.69, 9.17) is 4.74 Å². The molecular formula is C14H18BrFO3. The highest BCUT2D eigenvalue weighted by atomic mass is 79.9. The highest BCUT2D eigenvalue weighted by Crippen LogP contribution is 2.24. The van der Waals surface area contributed by atoms with Gasteiger partial charge in [0.2, 0.25) is 0 Å². The van der Waals surface area contributed by atoms with Crippen LogP contribution in [-0.4, -0.2) is 17.7 Å². The van der Waals surface area contributed by atoms with E-state index in [1.807, 2.05) is 6.92 Å². The number of unbranched alkanes of at least 4 members (excludes halogenated alkanes) is 1. The van der Waals surface area contributed by atoms with Crippen molar-refractivity contribution in [1.29, 1.82) is 0 Å². The Balaban J connectivity index is 2.42. The normalized spacial score (nSPS) is 12.2. The van der Waals surface area contributed by atoms with Gasteiger partial charge in [-0.1, -0.05) is 35.3 Å². The van der Waals surface area contributed by atoms with E-state index in [9.17, 15) is 14.3 Å². The van der Waals surface area contributed by atoms with E-state index in [-0.39, 0.29) is 24.4 Å². The van der Waals surface area contributed by atoms with Gasteiger partial charge in [0.1, 0.15) is 5.82 Å². The van der Waals surface area contributed by atoms with E-state index in [0.717, 1.165) is 12.8 Å². The molecule has 0 heterocycles. The molecule has 0 aliphatic heterocycles. The molecule has 0 amide bonds. The fraction of sp³-hybridized carbons (Fsp3) is 0.500. The molecule has 1 aromatic carbocycles. The van der Waals surface area contributed by atoms with E-state index in [1.165, 1.54) is 12.1 Å². The number of hydrogen-bond donors (Lipinski definition) is 1. The summed E-state index contributed by atoms with van der Waals surface area (Å²) in [6.45, 7) is 2.41. The maximum Gasteiger partial charge on any atom is 0.305 e. The van der Waals surface area contributed by atoms with Gasteiger partial charge in [-0.3, -0.25) is 4.79 Å². The standard InChI is InChI=1S/C14H18BrFO3/c1-2-3-8-19-14(18)7-6-13(17)11-5-4-10(15)9-12(11)16/h4-5,9,13,17H,2-3,6-8H2,1H3. The van der Waals surface area contributed by atoms with Crippen molar-refractivity contribution in [3.63, 3.8) is 0 Å². The van der Waals surface area contributed by atoms with Crippen LogP contribution in [0.25, 0.3) is 0 Å². The molecule has 0 aliphatic rings. The Bertz CT molecular complexity index is 423. The van der Waals surface area contributed by atoms with Gasteiger partial charge in [0.05, 0.1) is 12.7 Å². The molecule has 106 valence electrons. The molecule has 0 aromatic heterocycles. The largest absolute Gasteiger partial charge is 0.466 e. The fourth-order valence-electron chi connectivity index (χ4n) is 1.58. The van der Waals surface area contributed by atoms with Gasteiger partial charge in [0.15, 0.2) is 0 Å². The highest BCUT2D eigenvalue weighted by molar-refractivity contribution is 9.10. The van der Waals surface area contributed by atoms with Gasteiger partial charge in [-0.25, -0.2) is 4.39 Å². The lowest BCUT2D eigenvalue weighted by Gasteiger charge is -2.12. The van der Waals surface area contributed by atoms with Crippen LogP contribution in [0.4, 0.5) is 4.39 Å². The molecule has 1 unspecified atom stereocenters. The molecule has 0 saturated heterocycles. The van der Waals surface area contributed by atoms with E-state index >= 15 is 0 Å². The molecule has 0 fully saturated rings. The van der Waals surface area contributed by atoms with Crippen molar-refractivity contribution in [2.75, 3.05) is 6.61 Å². The second-order valence-electron chi connectivity index (χ2n) is 4.29. The van der Waals surface area contributed by atoms with Crippen LogP contribution in [0.3, 0.4) is 0 Å². The van der Waals surface area contributed by atoms with Crippen LogP contribution in [0, 0.1) is 5.82 Å². The second kappa shape index (κ2) is 8.27. The number of hydrogen-bond acceptors (Lipinski definition) is 3. The SMILES string of the molecule is CCCCOC(=O)CCC(O)c1ccc(Br)cc1F. The third kappa shape index (κ3) is 5.70. The molecule has 3 nitrogen and oxygen atoms in total. The molecule has 1 atom stereocenters. The number of halogens is 2. The third-order valence-corrected chi connectivity index (χ3v) is 3.20. The lowest BCUT2D eigenvalue weighted by atomic mass is 10.0. The zero-order valence-corrected chi connectivity index (χ0v) is 12.5. The number of esters is 1. The number of carbonyl (C=O) groups is 1. The molecule has 0 saturated carbocycles. The minimum absolute atomic E-state index is 0.0837. The predicted molar refractivity (Wildman–Crippen MR) is 74.2 cm³/mol. The van der Waals surface area contributed by atoms with Gasteiger partial charge in [0.25, 0.3) is 0 Å². The Morgan fingerprint density at radius 1 is 1.53 bits per heavy atom. The van der Waals surface area contributed by atoms with Crippen LogP contribution < -0.4 is 0 Å². The second-order valence-corrected chi connectivity index (χ2v) is 5.21. The summed E-state index contributed by atoms with van der Waals surface area (Å²) < 4.78 is 19.1. The molecule has 0 radical (unpaired) electrons. The van der Waals surface area contributed by atoms with Crippen molar-refractivity contribution in [3.8, 4) is 0 Å². The number of carbonyl (C=O) groups excluding carboxylic acids is 1. The maximum absolute atomic E-state index is 13.6. The Kier molecular flexibility index (Phi) is 7.02. The van der Waals surface area contributed by atoms with Gasteiger partial charge < -0.3 is 9.84 Å². The highest BCUT2D eigenvalue weighted by Gasteiger charge is 2.15. The summed E-state index contributed by atoms with van der Waals surface area (Å²) in [5.41, 5.74) is 0.199. The van der Waals surface area contributed by atoms with Crippen molar-refractivity contribution >= 4 is 21.9 Å². The summed E-state index contributed by atoms with van der Waals surface area (Å²) in [5, 5.41) is 9.85. The van der Waals surface area contributed by atoms with Gasteiger partial charge in [-0.15, -0.1) is 0 Å². The Hall–Kier alpha value is -0.940. The number of rotatable bonds is 7. The van der Waals surface area contributed by atoms with Crippen LogP contribution in [-0.2, 0) is 9.53 Å². The predicted octanol–water partition coefficient (Wildman–Crippen LogP) is 3.75. The van der Waals surface area contributed by atoms with E-state index < -0.39 is 11.9 Å². The van der Waals surface area contributed by atoms with Gasteiger partial charge in [0, 0.05) is 16.5 Å². The lowest BCUT2D eigenvalue weighted by molar-refractivity contribution is -0.144. The van der Waals surface area contributed by atoms with Crippen molar-refractivity contribution < 1.29 is 19.0 Å². The summed E-state index contributed by atoms with van der Waals surface area (Å²) in [5.74, 6) is -0.841. The summed E-state index contributed by atoms with van der Waals surface area (Å²) >= 11 is 3.15.